The topological polar surface area (TPSA) is 99.9 Å². The van der Waals surface area contributed by atoms with Crippen LogP contribution in [0.5, 0.6) is 0 Å². The van der Waals surface area contributed by atoms with Crippen molar-refractivity contribution in [3.63, 3.8) is 0 Å². The molecule has 5 fully saturated rings. The Morgan fingerprint density at radius 3 is 2.38 bits per heavy atom. The Morgan fingerprint density at radius 1 is 1.09 bits per heavy atom. The van der Waals surface area contributed by atoms with Crippen molar-refractivity contribution in [2.75, 3.05) is 33.9 Å². The average molecular weight is 499 g/mol. The molecule has 5 rings (SSSR count). The number of ether oxygens (including phenoxy) is 3. The number of alkyl halides is 1. The monoisotopic (exact) mass is 498 g/mol. The van der Waals surface area contributed by atoms with Crippen molar-refractivity contribution in [1.82, 2.24) is 5.32 Å². The zero-order valence-corrected chi connectivity index (χ0v) is 21.5. The highest BCUT2D eigenvalue weighted by Gasteiger charge is 2.75. The Balaban J connectivity index is 1.64. The molecule has 8 unspecified atom stereocenters. The first kappa shape index (κ1) is 25.1. The summed E-state index contributed by atoms with van der Waals surface area (Å²) in [7, 11) is 3.29. The molecule has 0 radical (unpaired) electrons. The summed E-state index contributed by atoms with van der Waals surface area (Å²) in [6.07, 6.45) is 5.04. The van der Waals surface area contributed by atoms with Gasteiger partial charge >= 0.3 is 0 Å². The first-order valence-electron chi connectivity index (χ1n) is 13.1. The molecule has 2 spiro atoms. The van der Waals surface area contributed by atoms with Gasteiger partial charge in [-0.1, -0.05) is 13.3 Å². The lowest BCUT2D eigenvalue weighted by Crippen LogP contribution is -2.84. The summed E-state index contributed by atoms with van der Waals surface area (Å²) in [6.45, 7) is 4.20. The second-order valence-corrected chi connectivity index (χ2v) is 11.8. The maximum Gasteiger partial charge on any atom is 0.197 e. The van der Waals surface area contributed by atoms with Crippen molar-refractivity contribution in [3.05, 3.63) is 0 Å². The molecule has 0 aromatic heterocycles. The van der Waals surface area contributed by atoms with Gasteiger partial charge in [0.2, 0.25) is 0 Å². The second kappa shape index (κ2) is 9.36. The molecule has 2 aliphatic carbocycles. The highest BCUT2D eigenvalue weighted by Crippen LogP contribution is 2.55. The van der Waals surface area contributed by atoms with Crippen molar-refractivity contribution in [2.24, 2.45) is 23.5 Å². The van der Waals surface area contributed by atoms with Gasteiger partial charge in [-0.25, -0.2) is 0 Å². The fourth-order valence-electron chi connectivity index (χ4n) is 8.12. The molecule has 34 heavy (non-hydrogen) atoms. The maximum atomic E-state index is 14.6. The first-order valence-corrected chi connectivity index (χ1v) is 13.6. The summed E-state index contributed by atoms with van der Waals surface area (Å²) in [5, 5.41) is 3.00. The molecular formula is C25H41ClN3O5+. The molecule has 0 amide bonds. The minimum absolute atomic E-state index is 0.0632. The SMILES string of the molecule is COC1CC(OC)C2C(=O)[C@@]3(OC2C1Cl)C1C(CNC(N)[N+]12CCCCCCC2)C(=O)C[C@H]3C. The molecule has 3 heterocycles. The fraction of sp³-hybridized carbons (Fsp3) is 0.920. The largest absolute Gasteiger partial charge is 0.380 e. The molecule has 3 aliphatic heterocycles. The van der Waals surface area contributed by atoms with E-state index in [2.05, 4.69) is 5.32 Å². The van der Waals surface area contributed by atoms with Crippen molar-refractivity contribution in [1.29, 1.82) is 0 Å². The fourth-order valence-corrected chi connectivity index (χ4v) is 8.53. The van der Waals surface area contributed by atoms with Gasteiger partial charge in [-0.15, -0.1) is 11.6 Å². The predicted octanol–water partition coefficient (Wildman–Crippen LogP) is 1.57. The Bertz CT molecular complexity index is 805. The van der Waals surface area contributed by atoms with Crippen LogP contribution >= 0.6 is 11.6 Å². The van der Waals surface area contributed by atoms with Gasteiger partial charge < -0.3 is 14.2 Å². The summed E-state index contributed by atoms with van der Waals surface area (Å²) in [5.41, 5.74) is 5.74. The van der Waals surface area contributed by atoms with Gasteiger partial charge in [0.25, 0.3) is 0 Å². The average Bonchev–Trinajstić information content (AvgIpc) is 3.11. The van der Waals surface area contributed by atoms with Crippen molar-refractivity contribution in [2.45, 2.75) is 93.5 Å². The van der Waals surface area contributed by atoms with Crippen molar-refractivity contribution in [3.8, 4) is 0 Å². The van der Waals surface area contributed by atoms with Gasteiger partial charge in [0.1, 0.15) is 11.8 Å². The van der Waals surface area contributed by atoms with E-state index in [1.54, 1.807) is 14.2 Å². The van der Waals surface area contributed by atoms with E-state index < -0.39 is 23.0 Å². The minimum atomic E-state index is -1.10. The minimum Gasteiger partial charge on any atom is -0.380 e. The van der Waals surface area contributed by atoms with Gasteiger partial charge in [0, 0.05) is 39.5 Å². The molecule has 5 aliphatic rings. The molecule has 2 saturated carbocycles. The highest BCUT2D eigenvalue weighted by atomic mass is 35.5. The van der Waals surface area contributed by atoms with E-state index in [1.165, 1.54) is 6.42 Å². The number of methoxy groups -OCH3 is 2. The number of ketones is 2. The van der Waals surface area contributed by atoms with Crippen LogP contribution in [0, 0.1) is 17.8 Å². The molecule has 0 aromatic carbocycles. The number of nitrogens with one attached hydrogen (secondary N) is 1. The Hall–Kier alpha value is -0.610. The number of halogens is 1. The molecule has 3 saturated heterocycles. The molecule has 10 atom stereocenters. The third-order valence-corrected chi connectivity index (χ3v) is 10.3. The number of carbonyl (C=O) groups is 2. The number of fused-ring (bicyclic) bond motifs is 4. The van der Waals surface area contributed by atoms with E-state index in [0.717, 1.165) is 38.8 Å². The summed E-state index contributed by atoms with van der Waals surface area (Å²) in [5.74, 6) is -0.724. The number of nitrogens with zero attached hydrogens (tertiary/aromatic N) is 1. The Kier molecular flexibility index (Phi) is 6.90. The zero-order chi connectivity index (χ0) is 24.3. The Labute approximate surface area is 207 Å². The van der Waals surface area contributed by atoms with Gasteiger partial charge in [-0.2, -0.15) is 0 Å². The van der Waals surface area contributed by atoms with Crippen LogP contribution in [0.1, 0.15) is 51.9 Å². The zero-order valence-electron chi connectivity index (χ0n) is 20.7. The third-order valence-electron chi connectivity index (χ3n) is 9.79. The number of hydrogen-bond donors (Lipinski definition) is 2. The lowest BCUT2D eigenvalue weighted by atomic mass is 9.61. The molecule has 192 valence electrons. The summed E-state index contributed by atoms with van der Waals surface area (Å²) >= 11 is 6.91. The van der Waals surface area contributed by atoms with Crippen LogP contribution in [-0.4, -0.2) is 91.5 Å². The third kappa shape index (κ3) is 3.47. The first-order chi connectivity index (χ1) is 16.3. The highest BCUT2D eigenvalue weighted by molar-refractivity contribution is 6.22. The van der Waals surface area contributed by atoms with E-state index in [0.29, 0.717) is 23.9 Å². The van der Waals surface area contributed by atoms with E-state index in [4.69, 9.17) is 31.5 Å². The second-order valence-electron chi connectivity index (χ2n) is 11.3. The van der Waals surface area contributed by atoms with E-state index in [-0.39, 0.29) is 47.9 Å². The molecule has 0 aromatic rings. The molecule has 3 N–H and O–H groups in total. The number of quaternary nitrogens is 1. The summed E-state index contributed by atoms with van der Waals surface area (Å²) < 4.78 is 19.0. The van der Waals surface area contributed by atoms with Gasteiger partial charge in [0.05, 0.1) is 48.6 Å². The van der Waals surface area contributed by atoms with Gasteiger partial charge in [0.15, 0.2) is 17.7 Å². The predicted molar refractivity (Wildman–Crippen MR) is 127 cm³/mol. The maximum absolute atomic E-state index is 14.6. The van der Waals surface area contributed by atoms with Crippen molar-refractivity contribution < 1.29 is 28.3 Å². The number of hydrogen-bond acceptors (Lipinski definition) is 7. The number of carbonyl (C=O) groups excluding carboxylic acids is 2. The molecule has 0 bridgehead atoms. The van der Waals surface area contributed by atoms with Crippen LogP contribution in [0.15, 0.2) is 0 Å². The van der Waals surface area contributed by atoms with Crippen LogP contribution in [-0.2, 0) is 23.8 Å². The van der Waals surface area contributed by atoms with Crippen LogP contribution in [0.2, 0.25) is 0 Å². The van der Waals surface area contributed by atoms with E-state index >= 15 is 0 Å². The van der Waals surface area contributed by atoms with Crippen LogP contribution < -0.4 is 11.1 Å². The van der Waals surface area contributed by atoms with Crippen LogP contribution in [0.3, 0.4) is 0 Å². The number of nitrogens with two attached hydrogens (primary N) is 1. The van der Waals surface area contributed by atoms with Crippen molar-refractivity contribution >= 4 is 23.2 Å². The van der Waals surface area contributed by atoms with Gasteiger partial charge in [-0.3, -0.25) is 25.1 Å². The normalized spacial score (nSPS) is 48.9. The van der Waals surface area contributed by atoms with Crippen LogP contribution in [0.25, 0.3) is 0 Å². The van der Waals surface area contributed by atoms with Crippen LogP contribution in [0.4, 0.5) is 0 Å². The Morgan fingerprint density at radius 2 is 1.74 bits per heavy atom. The quantitative estimate of drug-likeness (QED) is 0.440. The summed E-state index contributed by atoms with van der Waals surface area (Å²) in [6, 6.07) is -0.307. The lowest BCUT2D eigenvalue weighted by molar-refractivity contribution is -0.989. The number of Topliss-reactive ketones (excluding diaryl/α,β-unsaturated/α-hetero) is 2. The van der Waals surface area contributed by atoms with Gasteiger partial charge in [-0.05, 0) is 25.7 Å². The standard InChI is InChI=1S/C25H41ClN3O5/c1-14-11-16(30)15-13-28-24(27)29(9-7-5-4-6-8-10-29)22(15)25(14)23(31)19-17(32-2)12-18(33-3)20(26)21(19)34-25/h14-15,17-22,24,28H,4-13,27H2,1-3H3/q+1/t14-,15?,17?,18?,19?,20?,21?,22?,24?,25+/m1/s1. The molecule has 8 nitrogen and oxygen atoms in total. The summed E-state index contributed by atoms with van der Waals surface area (Å²) in [4.78, 5) is 28.0. The molecular weight excluding hydrogens is 458 g/mol. The van der Waals surface area contributed by atoms with E-state index in [1.807, 2.05) is 6.92 Å². The lowest BCUT2D eigenvalue weighted by Gasteiger charge is -2.61. The van der Waals surface area contributed by atoms with E-state index in [9.17, 15) is 9.59 Å². The molecule has 9 heteroatoms. The smallest absolute Gasteiger partial charge is 0.197 e. The number of rotatable bonds is 2.